The van der Waals surface area contributed by atoms with Gasteiger partial charge in [-0.2, -0.15) is 0 Å². The fraction of sp³-hybridized carbons (Fsp3) is 0.909. The maximum atomic E-state index is 11.2. The van der Waals surface area contributed by atoms with E-state index in [1.165, 1.54) is 6.92 Å². The van der Waals surface area contributed by atoms with Crippen molar-refractivity contribution in [1.29, 1.82) is 0 Å². The van der Waals surface area contributed by atoms with Crippen LogP contribution in [0.15, 0.2) is 0 Å². The Balaban J connectivity index is 5.05. The van der Waals surface area contributed by atoms with Gasteiger partial charge in [-0.25, -0.2) is 0 Å². The van der Waals surface area contributed by atoms with Crippen molar-refractivity contribution in [2.75, 3.05) is 0 Å². The van der Waals surface area contributed by atoms with Gasteiger partial charge in [-0.1, -0.05) is 41.5 Å². The average Bonchev–Trinajstić information content (AvgIpc) is 1.97. The molecule has 0 saturated carbocycles. The molecular formula is C11H24O2Si. The maximum Gasteiger partial charge on any atom is 0.289 e. The summed E-state index contributed by atoms with van der Waals surface area (Å²) in [4.78, 5) is 11.2. The van der Waals surface area contributed by atoms with E-state index in [0.29, 0.717) is 16.6 Å². The molecule has 0 unspecified atom stereocenters. The third-order valence-electron chi connectivity index (χ3n) is 3.03. The molecule has 0 amide bonds. The molecule has 0 fully saturated rings. The van der Waals surface area contributed by atoms with Crippen LogP contribution in [0.1, 0.15) is 48.5 Å². The Kier molecular flexibility index (Phi) is 4.85. The van der Waals surface area contributed by atoms with E-state index in [-0.39, 0.29) is 5.97 Å². The highest BCUT2D eigenvalue weighted by molar-refractivity contribution is 6.78. The Labute approximate surface area is 89.2 Å². The van der Waals surface area contributed by atoms with E-state index in [9.17, 15) is 4.79 Å². The molecule has 0 N–H and O–H groups in total. The molecule has 0 bridgehead atoms. The maximum absolute atomic E-state index is 11.2. The third-order valence-corrected chi connectivity index (χ3v) is 9.08. The van der Waals surface area contributed by atoms with Gasteiger partial charge in [0.15, 0.2) is 0 Å². The van der Waals surface area contributed by atoms with E-state index in [1.807, 2.05) is 0 Å². The van der Waals surface area contributed by atoms with Crippen molar-refractivity contribution in [3.63, 3.8) is 0 Å². The number of rotatable bonds is 4. The number of carbonyl (C=O) groups is 1. The van der Waals surface area contributed by atoms with Gasteiger partial charge in [0.25, 0.3) is 14.3 Å². The Hall–Kier alpha value is -0.313. The molecule has 0 aromatic carbocycles. The fourth-order valence-electron chi connectivity index (χ4n) is 2.60. The molecule has 0 saturated heterocycles. The monoisotopic (exact) mass is 216 g/mol. The van der Waals surface area contributed by atoms with Gasteiger partial charge in [-0.05, 0) is 16.6 Å². The zero-order chi connectivity index (χ0) is 11.5. The molecule has 0 aromatic heterocycles. The summed E-state index contributed by atoms with van der Waals surface area (Å²) in [5.41, 5.74) is 1.43. The molecule has 14 heavy (non-hydrogen) atoms. The molecule has 0 aliphatic rings. The molecule has 0 atom stereocenters. The van der Waals surface area contributed by atoms with Gasteiger partial charge in [0.05, 0.1) is 0 Å². The van der Waals surface area contributed by atoms with Crippen molar-refractivity contribution in [3.05, 3.63) is 0 Å². The van der Waals surface area contributed by atoms with Crippen LogP contribution in [-0.4, -0.2) is 14.3 Å². The number of hydrogen-bond acceptors (Lipinski definition) is 2. The molecule has 0 radical (unpaired) electrons. The average molecular weight is 216 g/mol. The Bertz CT molecular complexity index is 176. The van der Waals surface area contributed by atoms with Gasteiger partial charge in [0, 0.05) is 6.92 Å². The van der Waals surface area contributed by atoms with Crippen molar-refractivity contribution < 1.29 is 9.22 Å². The summed E-state index contributed by atoms with van der Waals surface area (Å²) in [6, 6.07) is 0. The lowest BCUT2D eigenvalue weighted by Crippen LogP contribution is -2.48. The van der Waals surface area contributed by atoms with Crippen LogP contribution in [0.25, 0.3) is 0 Å². The predicted molar refractivity (Wildman–Crippen MR) is 62.8 cm³/mol. The smallest absolute Gasteiger partial charge is 0.289 e. The second-order valence-corrected chi connectivity index (χ2v) is 10.3. The van der Waals surface area contributed by atoms with E-state index >= 15 is 0 Å². The molecular weight excluding hydrogens is 192 g/mol. The summed E-state index contributed by atoms with van der Waals surface area (Å²) in [5.74, 6) is -0.118. The molecule has 0 aliphatic carbocycles. The fourth-order valence-corrected chi connectivity index (χ4v) is 7.81. The highest BCUT2D eigenvalue weighted by Gasteiger charge is 2.47. The second kappa shape index (κ2) is 4.96. The molecule has 2 nitrogen and oxygen atoms in total. The molecule has 0 spiro atoms. The van der Waals surface area contributed by atoms with Gasteiger partial charge in [0.1, 0.15) is 0 Å². The van der Waals surface area contributed by atoms with Gasteiger partial charge in [-0.15, -0.1) is 0 Å². The van der Waals surface area contributed by atoms with Crippen LogP contribution in [0.4, 0.5) is 0 Å². The van der Waals surface area contributed by atoms with E-state index in [0.717, 1.165) is 0 Å². The Morgan fingerprint density at radius 3 is 1.29 bits per heavy atom. The van der Waals surface area contributed by atoms with Gasteiger partial charge in [0.2, 0.25) is 0 Å². The van der Waals surface area contributed by atoms with Crippen LogP contribution in [0.2, 0.25) is 16.6 Å². The Morgan fingerprint density at radius 1 is 0.929 bits per heavy atom. The normalized spacial score (nSPS) is 12.7. The van der Waals surface area contributed by atoms with Crippen molar-refractivity contribution in [2.45, 2.75) is 65.1 Å². The first-order valence-corrected chi connectivity index (χ1v) is 7.58. The van der Waals surface area contributed by atoms with Crippen molar-refractivity contribution in [3.8, 4) is 0 Å². The van der Waals surface area contributed by atoms with E-state index in [4.69, 9.17) is 4.43 Å². The van der Waals surface area contributed by atoms with Crippen molar-refractivity contribution in [1.82, 2.24) is 0 Å². The minimum atomic E-state index is -1.94. The van der Waals surface area contributed by atoms with Crippen LogP contribution in [0, 0.1) is 0 Å². The van der Waals surface area contributed by atoms with E-state index in [1.54, 1.807) is 0 Å². The summed E-state index contributed by atoms with van der Waals surface area (Å²) in [5, 5.41) is 0. The minimum Gasteiger partial charge on any atom is -0.518 e. The lowest BCUT2D eigenvalue weighted by molar-refractivity contribution is -0.133. The lowest BCUT2D eigenvalue weighted by Gasteiger charge is -2.40. The van der Waals surface area contributed by atoms with Crippen LogP contribution in [0.3, 0.4) is 0 Å². The highest BCUT2D eigenvalue weighted by Crippen LogP contribution is 2.42. The zero-order valence-electron chi connectivity index (χ0n) is 10.5. The van der Waals surface area contributed by atoms with Crippen molar-refractivity contribution in [2.24, 2.45) is 0 Å². The van der Waals surface area contributed by atoms with Crippen LogP contribution >= 0.6 is 0 Å². The third kappa shape index (κ3) is 2.59. The summed E-state index contributed by atoms with van der Waals surface area (Å²) in [7, 11) is -1.94. The first-order chi connectivity index (χ1) is 6.25. The van der Waals surface area contributed by atoms with Crippen LogP contribution in [-0.2, 0) is 9.22 Å². The van der Waals surface area contributed by atoms with Gasteiger partial charge in [-0.3, -0.25) is 4.79 Å². The molecule has 84 valence electrons. The standard InChI is InChI=1S/C11H24O2Si/c1-8(2)14(9(3)4,10(5)6)13-11(7)12/h8-10H,1-7H3. The first-order valence-electron chi connectivity index (χ1n) is 5.44. The number of hydrogen-bond donors (Lipinski definition) is 0. The highest BCUT2D eigenvalue weighted by atomic mass is 28.4. The summed E-state index contributed by atoms with van der Waals surface area (Å²) >= 11 is 0. The zero-order valence-corrected chi connectivity index (χ0v) is 11.5. The van der Waals surface area contributed by atoms with E-state index < -0.39 is 8.32 Å². The summed E-state index contributed by atoms with van der Waals surface area (Å²) in [6.45, 7) is 14.6. The molecule has 0 aliphatic heterocycles. The SMILES string of the molecule is CC(=O)O[Si](C(C)C)(C(C)C)C(C)C. The molecule has 0 heterocycles. The quantitative estimate of drug-likeness (QED) is 0.669. The van der Waals surface area contributed by atoms with Crippen LogP contribution < -0.4 is 0 Å². The molecule has 0 rings (SSSR count). The minimum absolute atomic E-state index is 0.118. The van der Waals surface area contributed by atoms with E-state index in [2.05, 4.69) is 41.5 Å². The van der Waals surface area contributed by atoms with Crippen LogP contribution in [0.5, 0.6) is 0 Å². The van der Waals surface area contributed by atoms with Gasteiger partial charge >= 0.3 is 0 Å². The predicted octanol–water partition coefficient (Wildman–Crippen LogP) is 3.73. The second-order valence-electron chi connectivity index (χ2n) is 4.91. The summed E-state index contributed by atoms with van der Waals surface area (Å²) < 4.78 is 5.72. The van der Waals surface area contributed by atoms with Crippen molar-refractivity contribution >= 4 is 14.3 Å². The van der Waals surface area contributed by atoms with Gasteiger partial charge < -0.3 is 4.43 Å². The largest absolute Gasteiger partial charge is 0.518 e. The first kappa shape index (κ1) is 13.7. The molecule has 3 heteroatoms. The lowest BCUT2D eigenvalue weighted by atomic mass is 10.5. The Morgan fingerprint density at radius 2 is 1.21 bits per heavy atom. The topological polar surface area (TPSA) is 26.3 Å². The molecule has 0 aromatic rings. The summed E-state index contributed by atoms with van der Waals surface area (Å²) in [6.07, 6.45) is 0. The number of carbonyl (C=O) groups excluding carboxylic acids is 1.